The van der Waals surface area contributed by atoms with Crippen LogP contribution in [0.2, 0.25) is 0 Å². The summed E-state index contributed by atoms with van der Waals surface area (Å²) < 4.78 is 48.6. The standard InChI is InChI=1S/C17H15F3N2O3/c18-17(19,20)15-8-13(6-7-21-15)25-14-9-22(10-14)16(23)11-24-12-4-2-1-3-5-12/h1-8,14H,9-11H2. The number of likely N-dealkylation sites (tertiary alicyclic amines) is 1. The van der Waals surface area contributed by atoms with Gasteiger partial charge in [-0.1, -0.05) is 18.2 Å². The Morgan fingerprint density at radius 3 is 2.56 bits per heavy atom. The molecule has 1 aromatic heterocycles. The molecular weight excluding hydrogens is 337 g/mol. The van der Waals surface area contributed by atoms with Crippen molar-refractivity contribution in [1.29, 1.82) is 0 Å². The largest absolute Gasteiger partial charge is 0.487 e. The van der Waals surface area contributed by atoms with Gasteiger partial charge in [-0.3, -0.25) is 9.78 Å². The quantitative estimate of drug-likeness (QED) is 0.830. The number of carbonyl (C=O) groups excluding carboxylic acids is 1. The molecule has 0 atom stereocenters. The van der Waals surface area contributed by atoms with Crippen LogP contribution in [0.4, 0.5) is 13.2 Å². The highest BCUT2D eigenvalue weighted by atomic mass is 19.4. The molecule has 1 fully saturated rings. The Hall–Kier alpha value is -2.77. The summed E-state index contributed by atoms with van der Waals surface area (Å²) in [7, 11) is 0. The zero-order valence-electron chi connectivity index (χ0n) is 13.1. The highest BCUT2D eigenvalue weighted by Crippen LogP contribution is 2.30. The van der Waals surface area contributed by atoms with Crippen molar-refractivity contribution in [3.05, 3.63) is 54.4 Å². The summed E-state index contributed by atoms with van der Waals surface area (Å²) in [4.78, 5) is 16.8. The Kier molecular flexibility index (Phi) is 4.78. The Balaban J connectivity index is 1.46. The minimum absolute atomic E-state index is 0.0833. The van der Waals surface area contributed by atoms with E-state index in [2.05, 4.69) is 4.98 Å². The van der Waals surface area contributed by atoms with E-state index in [0.717, 1.165) is 12.3 Å². The summed E-state index contributed by atoms with van der Waals surface area (Å²) in [5, 5.41) is 0. The van der Waals surface area contributed by atoms with E-state index in [1.807, 2.05) is 6.07 Å². The SMILES string of the molecule is O=C(COc1ccccc1)N1CC(Oc2ccnc(C(F)(F)F)c2)C1. The number of hydrogen-bond acceptors (Lipinski definition) is 4. The predicted octanol–water partition coefficient (Wildman–Crippen LogP) is 2.77. The number of hydrogen-bond donors (Lipinski definition) is 0. The number of carbonyl (C=O) groups is 1. The van der Waals surface area contributed by atoms with Gasteiger partial charge in [0.25, 0.3) is 5.91 Å². The number of ether oxygens (including phenoxy) is 2. The maximum absolute atomic E-state index is 12.6. The lowest BCUT2D eigenvalue weighted by Gasteiger charge is -2.38. The molecule has 0 saturated carbocycles. The second-order valence-corrected chi connectivity index (χ2v) is 5.51. The molecule has 2 heterocycles. The molecule has 1 aliphatic heterocycles. The van der Waals surface area contributed by atoms with Gasteiger partial charge in [-0.15, -0.1) is 0 Å². The molecule has 0 N–H and O–H groups in total. The van der Waals surface area contributed by atoms with E-state index in [1.54, 1.807) is 24.3 Å². The average molecular weight is 352 g/mol. The van der Waals surface area contributed by atoms with Gasteiger partial charge >= 0.3 is 6.18 Å². The fourth-order valence-corrected chi connectivity index (χ4v) is 2.30. The van der Waals surface area contributed by atoms with Crippen LogP contribution >= 0.6 is 0 Å². The molecule has 0 unspecified atom stereocenters. The molecule has 25 heavy (non-hydrogen) atoms. The Morgan fingerprint density at radius 1 is 1.16 bits per heavy atom. The molecule has 132 valence electrons. The monoisotopic (exact) mass is 352 g/mol. The van der Waals surface area contributed by atoms with Crippen molar-refractivity contribution in [3.63, 3.8) is 0 Å². The normalized spacial score (nSPS) is 14.8. The highest BCUT2D eigenvalue weighted by molar-refractivity contribution is 5.78. The van der Waals surface area contributed by atoms with Gasteiger partial charge in [0.15, 0.2) is 6.61 Å². The zero-order chi connectivity index (χ0) is 17.9. The summed E-state index contributed by atoms with van der Waals surface area (Å²) in [6.07, 6.45) is -3.81. The van der Waals surface area contributed by atoms with Gasteiger partial charge in [-0.05, 0) is 18.2 Å². The van der Waals surface area contributed by atoms with Crippen molar-refractivity contribution in [2.24, 2.45) is 0 Å². The fourth-order valence-electron chi connectivity index (χ4n) is 2.30. The molecule has 3 rings (SSSR count). The Morgan fingerprint density at radius 2 is 1.88 bits per heavy atom. The molecule has 0 spiro atoms. The topological polar surface area (TPSA) is 51.7 Å². The number of para-hydroxylation sites is 1. The smallest absolute Gasteiger partial charge is 0.433 e. The number of aromatic nitrogens is 1. The molecule has 0 aliphatic carbocycles. The first-order chi connectivity index (χ1) is 11.9. The first kappa shape index (κ1) is 17.1. The number of amides is 1. The molecule has 1 aromatic carbocycles. The van der Waals surface area contributed by atoms with E-state index in [1.165, 1.54) is 11.0 Å². The lowest BCUT2D eigenvalue weighted by atomic mass is 10.1. The van der Waals surface area contributed by atoms with Gasteiger partial charge in [-0.25, -0.2) is 0 Å². The van der Waals surface area contributed by atoms with Crippen LogP contribution in [0.1, 0.15) is 5.69 Å². The average Bonchev–Trinajstić information content (AvgIpc) is 2.56. The van der Waals surface area contributed by atoms with Crippen molar-refractivity contribution < 1.29 is 27.4 Å². The second-order valence-electron chi connectivity index (χ2n) is 5.51. The van der Waals surface area contributed by atoms with Crippen molar-refractivity contribution in [2.45, 2.75) is 12.3 Å². The minimum Gasteiger partial charge on any atom is -0.487 e. The van der Waals surface area contributed by atoms with E-state index in [-0.39, 0.29) is 24.4 Å². The molecule has 2 aromatic rings. The molecular formula is C17H15F3N2O3. The molecule has 8 heteroatoms. The summed E-state index contributed by atoms with van der Waals surface area (Å²) in [6.45, 7) is 0.519. The van der Waals surface area contributed by atoms with Crippen LogP contribution < -0.4 is 9.47 Å². The van der Waals surface area contributed by atoms with Gasteiger partial charge in [0.2, 0.25) is 0 Å². The number of halogens is 3. The number of benzene rings is 1. The lowest BCUT2D eigenvalue weighted by Crippen LogP contribution is -2.57. The van der Waals surface area contributed by atoms with E-state index < -0.39 is 11.9 Å². The molecule has 1 saturated heterocycles. The molecule has 1 aliphatic rings. The van der Waals surface area contributed by atoms with Crippen LogP contribution in [0.3, 0.4) is 0 Å². The highest BCUT2D eigenvalue weighted by Gasteiger charge is 2.35. The van der Waals surface area contributed by atoms with Crippen LogP contribution in [-0.2, 0) is 11.0 Å². The van der Waals surface area contributed by atoms with Crippen LogP contribution in [0.5, 0.6) is 11.5 Å². The van der Waals surface area contributed by atoms with Crippen molar-refractivity contribution in [1.82, 2.24) is 9.88 Å². The number of alkyl halides is 3. The second kappa shape index (κ2) is 7.00. The lowest BCUT2D eigenvalue weighted by molar-refractivity contribution is -0.142. The summed E-state index contributed by atoms with van der Waals surface area (Å²) in [6, 6.07) is 11.2. The van der Waals surface area contributed by atoms with E-state index in [9.17, 15) is 18.0 Å². The number of rotatable bonds is 5. The summed E-state index contributed by atoms with van der Waals surface area (Å²) in [5.41, 5.74) is -1.01. The minimum atomic E-state index is -4.52. The molecule has 0 radical (unpaired) electrons. The summed E-state index contributed by atoms with van der Waals surface area (Å²) in [5.74, 6) is 0.481. The number of pyridine rings is 1. The third kappa shape index (κ3) is 4.40. The first-order valence-electron chi connectivity index (χ1n) is 7.57. The number of nitrogens with zero attached hydrogens (tertiary/aromatic N) is 2. The van der Waals surface area contributed by atoms with Crippen LogP contribution in [0.15, 0.2) is 48.7 Å². The van der Waals surface area contributed by atoms with Crippen LogP contribution in [0.25, 0.3) is 0 Å². The molecule has 1 amide bonds. The summed E-state index contributed by atoms with van der Waals surface area (Å²) >= 11 is 0. The third-order valence-electron chi connectivity index (χ3n) is 3.63. The molecule has 0 bridgehead atoms. The Labute approximate surface area is 142 Å². The zero-order valence-corrected chi connectivity index (χ0v) is 13.1. The van der Waals surface area contributed by atoms with Crippen LogP contribution in [-0.4, -0.2) is 41.6 Å². The maximum Gasteiger partial charge on any atom is 0.433 e. The fraction of sp³-hybridized carbons (Fsp3) is 0.294. The van der Waals surface area contributed by atoms with Crippen molar-refractivity contribution in [2.75, 3.05) is 19.7 Å². The van der Waals surface area contributed by atoms with Crippen LogP contribution in [0, 0.1) is 0 Å². The molecule has 5 nitrogen and oxygen atoms in total. The third-order valence-corrected chi connectivity index (χ3v) is 3.63. The Bertz CT molecular complexity index is 731. The van der Waals surface area contributed by atoms with E-state index in [0.29, 0.717) is 18.8 Å². The van der Waals surface area contributed by atoms with E-state index in [4.69, 9.17) is 9.47 Å². The van der Waals surface area contributed by atoms with Gasteiger partial charge < -0.3 is 14.4 Å². The van der Waals surface area contributed by atoms with Crippen molar-refractivity contribution >= 4 is 5.91 Å². The predicted molar refractivity (Wildman–Crippen MR) is 82.2 cm³/mol. The van der Waals surface area contributed by atoms with Crippen molar-refractivity contribution in [3.8, 4) is 11.5 Å². The van der Waals surface area contributed by atoms with Gasteiger partial charge in [-0.2, -0.15) is 13.2 Å². The van der Waals surface area contributed by atoms with Gasteiger partial charge in [0.1, 0.15) is 23.3 Å². The first-order valence-corrected chi connectivity index (χ1v) is 7.57. The van der Waals surface area contributed by atoms with E-state index >= 15 is 0 Å². The van der Waals surface area contributed by atoms with Gasteiger partial charge in [0, 0.05) is 12.3 Å². The van der Waals surface area contributed by atoms with Gasteiger partial charge in [0.05, 0.1) is 13.1 Å². The maximum atomic E-state index is 12.6.